The molecule has 1 amide bonds. The van der Waals surface area contributed by atoms with Crippen LogP contribution in [-0.4, -0.2) is 5.91 Å². The molecular formula is C17H18FNOS. The molecular weight excluding hydrogens is 285 g/mol. The molecule has 0 saturated heterocycles. The molecule has 1 heterocycles. The molecule has 21 heavy (non-hydrogen) atoms. The van der Waals surface area contributed by atoms with Gasteiger partial charge in [0.15, 0.2) is 0 Å². The Balaban J connectivity index is 1.83. The Morgan fingerprint density at radius 1 is 1.43 bits per heavy atom. The maximum Gasteiger partial charge on any atom is 0.256 e. The molecule has 1 aliphatic carbocycles. The van der Waals surface area contributed by atoms with Gasteiger partial charge in [0.2, 0.25) is 0 Å². The Bertz CT molecular complexity index is 692. The zero-order chi connectivity index (χ0) is 15.0. The Hall–Kier alpha value is -1.68. The molecule has 0 fully saturated rings. The van der Waals surface area contributed by atoms with E-state index in [0.717, 1.165) is 30.4 Å². The van der Waals surface area contributed by atoms with Gasteiger partial charge in [-0.2, -0.15) is 0 Å². The molecule has 4 heteroatoms. The summed E-state index contributed by atoms with van der Waals surface area (Å²) in [6, 6.07) is 4.41. The quantitative estimate of drug-likeness (QED) is 0.865. The number of thiophene rings is 1. The van der Waals surface area contributed by atoms with Crippen molar-refractivity contribution in [3.05, 3.63) is 51.0 Å². The summed E-state index contributed by atoms with van der Waals surface area (Å²) < 4.78 is 13.1. The van der Waals surface area contributed by atoms with E-state index in [1.165, 1.54) is 22.6 Å². The number of hydrogen-bond acceptors (Lipinski definition) is 2. The third kappa shape index (κ3) is 2.86. The Kier molecular flexibility index (Phi) is 3.81. The molecule has 1 atom stereocenters. The number of nitrogens with one attached hydrogen (secondary N) is 1. The normalized spacial score (nSPS) is 17.4. The van der Waals surface area contributed by atoms with E-state index in [4.69, 9.17) is 0 Å². The van der Waals surface area contributed by atoms with Crippen LogP contribution in [0, 0.1) is 18.7 Å². The van der Waals surface area contributed by atoms with Crippen LogP contribution in [0.4, 0.5) is 10.1 Å². The van der Waals surface area contributed by atoms with Crippen LogP contribution in [0.15, 0.2) is 23.6 Å². The number of fused-ring (bicyclic) bond motifs is 1. The fourth-order valence-electron chi connectivity index (χ4n) is 2.82. The van der Waals surface area contributed by atoms with Crippen LogP contribution in [0.25, 0.3) is 0 Å². The maximum atomic E-state index is 13.1. The number of hydrogen-bond donors (Lipinski definition) is 1. The van der Waals surface area contributed by atoms with Crippen LogP contribution in [0.2, 0.25) is 0 Å². The number of benzene rings is 1. The first-order valence-corrected chi connectivity index (χ1v) is 8.09. The first-order valence-electron chi connectivity index (χ1n) is 7.21. The lowest BCUT2D eigenvalue weighted by molar-refractivity contribution is 0.102. The highest BCUT2D eigenvalue weighted by Gasteiger charge is 2.23. The van der Waals surface area contributed by atoms with Crippen LogP contribution in [0.5, 0.6) is 0 Å². The predicted molar refractivity (Wildman–Crippen MR) is 84.6 cm³/mol. The molecule has 0 bridgehead atoms. The van der Waals surface area contributed by atoms with E-state index < -0.39 is 0 Å². The number of rotatable bonds is 2. The number of carbonyl (C=O) groups excluding carboxylic acids is 1. The van der Waals surface area contributed by atoms with Gasteiger partial charge >= 0.3 is 0 Å². The van der Waals surface area contributed by atoms with Gasteiger partial charge in [0.05, 0.1) is 5.56 Å². The zero-order valence-corrected chi connectivity index (χ0v) is 13.0. The van der Waals surface area contributed by atoms with Crippen molar-refractivity contribution in [2.75, 3.05) is 5.32 Å². The van der Waals surface area contributed by atoms with E-state index in [2.05, 4.69) is 12.2 Å². The summed E-state index contributed by atoms with van der Waals surface area (Å²) in [4.78, 5) is 13.8. The molecule has 110 valence electrons. The minimum absolute atomic E-state index is 0.0863. The van der Waals surface area contributed by atoms with Crippen molar-refractivity contribution in [2.45, 2.75) is 33.1 Å². The topological polar surface area (TPSA) is 29.1 Å². The van der Waals surface area contributed by atoms with Crippen LogP contribution in [0.1, 0.15) is 39.7 Å². The van der Waals surface area contributed by atoms with Gasteiger partial charge in [-0.1, -0.05) is 6.92 Å². The third-order valence-electron chi connectivity index (χ3n) is 4.08. The van der Waals surface area contributed by atoms with Crippen LogP contribution in [0.3, 0.4) is 0 Å². The van der Waals surface area contributed by atoms with Gasteiger partial charge in [-0.05, 0) is 61.4 Å². The number of carbonyl (C=O) groups is 1. The first-order chi connectivity index (χ1) is 10.0. The highest BCUT2D eigenvalue weighted by molar-refractivity contribution is 7.10. The van der Waals surface area contributed by atoms with Gasteiger partial charge in [-0.3, -0.25) is 4.79 Å². The number of halogens is 1. The van der Waals surface area contributed by atoms with E-state index in [1.807, 2.05) is 5.38 Å². The highest BCUT2D eigenvalue weighted by Crippen LogP contribution is 2.33. The van der Waals surface area contributed by atoms with E-state index in [-0.39, 0.29) is 11.7 Å². The molecule has 1 aromatic carbocycles. The number of aryl methyl sites for hydroxylation is 1. The van der Waals surface area contributed by atoms with E-state index in [0.29, 0.717) is 11.6 Å². The second-order valence-electron chi connectivity index (χ2n) is 5.81. The van der Waals surface area contributed by atoms with Crippen molar-refractivity contribution in [1.82, 2.24) is 0 Å². The van der Waals surface area contributed by atoms with E-state index in [1.54, 1.807) is 24.3 Å². The molecule has 2 aromatic rings. The minimum atomic E-state index is -0.285. The van der Waals surface area contributed by atoms with Gasteiger partial charge in [0.25, 0.3) is 5.91 Å². The fraction of sp³-hybridized carbons (Fsp3) is 0.353. The molecule has 0 spiro atoms. The largest absolute Gasteiger partial charge is 0.322 e. The van der Waals surface area contributed by atoms with Crippen molar-refractivity contribution in [3.8, 4) is 0 Å². The lowest BCUT2D eigenvalue weighted by Gasteiger charge is -2.19. The van der Waals surface area contributed by atoms with Crippen molar-refractivity contribution in [1.29, 1.82) is 0 Å². The summed E-state index contributed by atoms with van der Waals surface area (Å²) in [5.41, 5.74) is 3.40. The van der Waals surface area contributed by atoms with Crippen LogP contribution >= 0.6 is 11.3 Å². The fourth-order valence-corrected chi connectivity index (χ4v) is 4.07. The predicted octanol–water partition coefficient (Wildman–Crippen LogP) is 4.57. The summed E-state index contributed by atoms with van der Waals surface area (Å²) >= 11 is 1.68. The molecule has 1 unspecified atom stereocenters. The summed E-state index contributed by atoms with van der Waals surface area (Å²) in [5.74, 6) is 0.329. The molecule has 1 N–H and O–H groups in total. The van der Waals surface area contributed by atoms with E-state index in [9.17, 15) is 9.18 Å². The zero-order valence-electron chi connectivity index (χ0n) is 12.2. The van der Waals surface area contributed by atoms with Crippen molar-refractivity contribution < 1.29 is 9.18 Å². The summed E-state index contributed by atoms with van der Waals surface area (Å²) in [6.45, 7) is 4.05. The van der Waals surface area contributed by atoms with Gasteiger partial charge < -0.3 is 5.32 Å². The second-order valence-corrected chi connectivity index (χ2v) is 6.78. The minimum Gasteiger partial charge on any atom is -0.322 e. The van der Waals surface area contributed by atoms with Crippen LogP contribution < -0.4 is 5.32 Å². The molecule has 1 aliphatic rings. The maximum absolute atomic E-state index is 13.1. The van der Waals surface area contributed by atoms with Crippen LogP contribution in [-0.2, 0) is 12.8 Å². The Labute approximate surface area is 128 Å². The van der Waals surface area contributed by atoms with Gasteiger partial charge in [0.1, 0.15) is 5.82 Å². The van der Waals surface area contributed by atoms with Crippen molar-refractivity contribution >= 4 is 22.9 Å². The van der Waals surface area contributed by atoms with E-state index >= 15 is 0 Å². The number of amides is 1. The van der Waals surface area contributed by atoms with Crippen molar-refractivity contribution in [3.63, 3.8) is 0 Å². The first kappa shape index (κ1) is 14.3. The van der Waals surface area contributed by atoms with Crippen molar-refractivity contribution in [2.24, 2.45) is 5.92 Å². The second kappa shape index (κ2) is 5.60. The van der Waals surface area contributed by atoms with Gasteiger partial charge in [-0.25, -0.2) is 4.39 Å². The Morgan fingerprint density at radius 3 is 3.00 bits per heavy atom. The SMILES string of the molecule is Cc1cc(F)ccc1NC(=O)c1csc2c1CCC(C)C2. The van der Waals surface area contributed by atoms with Gasteiger partial charge in [0, 0.05) is 15.9 Å². The molecule has 0 aliphatic heterocycles. The molecule has 1 aromatic heterocycles. The smallest absolute Gasteiger partial charge is 0.256 e. The average Bonchev–Trinajstić information content (AvgIpc) is 2.84. The lowest BCUT2D eigenvalue weighted by Crippen LogP contribution is -2.17. The molecule has 3 rings (SSSR count). The van der Waals surface area contributed by atoms with Gasteiger partial charge in [-0.15, -0.1) is 11.3 Å². The Morgan fingerprint density at radius 2 is 2.24 bits per heavy atom. The lowest BCUT2D eigenvalue weighted by atomic mass is 9.88. The standard InChI is InChI=1S/C17H18FNOS/c1-10-3-5-13-14(9-21-16(13)7-10)17(20)19-15-6-4-12(18)8-11(15)2/h4,6,8-10H,3,5,7H2,1-2H3,(H,19,20). The summed E-state index contributed by atoms with van der Waals surface area (Å²) in [6.07, 6.45) is 3.19. The molecule has 0 saturated carbocycles. The molecule has 0 radical (unpaired) electrons. The monoisotopic (exact) mass is 303 g/mol. The highest BCUT2D eigenvalue weighted by atomic mass is 32.1. The average molecular weight is 303 g/mol. The summed E-state index contributed by atoms with van der Waals surface area (Å²) in [5, 5.41) is 4.86. The third-order valence-corrected chi connectivity index (χ3v) is 5.13. The summed E-state index contributed by atoms with van der Waals surface area (Å²) in [7, 11) is 0. The molecule has 2 nitrogen and oxygen atoms in total. The number of anilines is 1.